The lowest BCUT2D eigenvalue weighted by molar-refractivity contribution is 0.0785. The van der Waals surface area contributed by atoms with Crippen molar-refractivity contribution in [2.24, 2.45) is 0 Å². The topological polar surface area (TPSA) is 61.4 Å². The van der Waals surface area contributed by atoms with E-state index in [1.807, 2.05) is 36.4 Å². The van der Waals surface area contributed by atoms with Crippen molar-refractivity contribution in [3.05, 3.63) is 100 Å². The van der Waals surface area contributed by atoms with Crippen molar-refractivity contribution in [1.82, 2.24) is 10.2 Å². The summed E-state index contributed by atoms with van der Waals surface area (Å²) in [5.41, 5.74) is 2.68. The number of nitrogens with zero attached hydrogens (tertiary/aromatic N) is 1. The summed E-state index contributed by atoms with van der Waals surface area (Å²) in [5, 5.41) is 5.76. The molecule has 0 heterocycles. The lowest BCUT2D eigenvalue weighted by atomic mass is 10.1. The first kappa shape index (κ1) is 21.7. The van der Waals surface area contributed by atoms with Crippen molar-refractivity contribution in [2.45, 2.75) is 6.54 Å². The molecule has 0 fully saturated rings. The Morgan fingerprint density at radius 3 is 2.40 bits per heavy atom. The highest BCUT2D eigenvalue weighted by Crippen LogP contribution is 2.16. The fraction of sp³-hybridized carbons (Fsp3) is 0.0870. The van der Waals surface area contributed by atoms with Crippen LogP contribution in [-0.4, -0.2) is 28.9 Å². The Morgan fingerprint density at radius 1 is 0.967 bits per heavy atom. The van der Waals surface area contributed by atoms with Crippen LogP contribution in [0.1, 0.15) is 26.3 Å². The van der Waals surface area contributed by atoms with Crippen LogP contribution >= 0.6 is 28.1 Å². The summed E-state index contributed by atoms with van der Waals surface area (Å²) >= 11 is 8.60. The Kier molecular flexibility index (Phi) is 7.32. The number of rotatable bonds is 5. The third-order valence-corrected chi connectivity index (χ3v) is 5.22. The summed E-state index contributed by atoms with van der Waals surface area (Å²) in [6, 6.07) is 23.9. The predicted octanol–water partition coefficient (Wildman–Crippen LogP) is 4.85. The molecule has 7 heteroatoms. The maximum absolute atomic E-state index is 12.8. The van der Waals surface area contributed by atoms with Gasteiger partial charge >= 0.3 is 0 Å². The predicted molar refractivity (Wildman–Crippen MR) is 127 cm³/mol. The molecule has 3 aromatic carbocycles. The molecule has 0 saturated heterocycles. The average molecular weight is 482 g/mol. The smallest absolute Gasteiger partial charge is 0.258 e. The minimum Gasteiger partial charge on any atom is -0.337 e. The van der Waals surface area contributed by atoms with Gasteiger partial charge in [-0.15, -0.1) is 0 Å². The second-order valence-corrected chi connectivity index (χ2v) is 7.88. The summed E-state index contributed by atoms with van der Waals surface area (Å²) in [7, 11) is 1.76. The van der Waals surface area contributed by atoms with Gasteiger partial charge in [-0.2, -0.15) is 0 Å². The molecule has 3 aromatic rings. The molecule has 0 radical (unpaired) electrons. The summed E-state index contributed by atoms with van der Waals surface area (Å²) in [5.74, 6) is -0.430. The number of hydrogen-bond donors (Lipinski definition) is 2. The molecule has 2 N–H and O–H groups in total. The zero-order valence-electron chi connectivity index (χ0n) is 16.3. The van der Waals surface area contributed by atoms with E-state index in [2.05, 4.69) is 26.6 Å². The van der Waals surface area contributed by atoms with Crippen LogP contribution in [0.15, 0.2) is 83.3 Å². The largest absolute Gasteiger partial charge is 0.337 e. The van der Waals surface area contributed by atoms with Crippen LogP contribution in [0.2, 0.25) is 0 Å². The second-order valence-electron chi connectivity index (χ2n) is 6.62. The van der Waals surface area contributed by atoms with Crippen LogP contribution in [0.4, 0.5) is 5.69 Å². The lowest BCUT2D eigenvalue weighted by Gasteiger charge is -2.18. The van der Waals surface area contributed by atoms with Crippen LogP contribution in [0, 0.1) is 0 Å². The number of hydrogen-bond acceptors (Lipinski definition) is 3. The number of nitrogens with one attached hydrogen (secondary N) is 2. The summed E-state index contributed by atoms with van der Waals surface area (Å²) in [6.45, 7) is 0.512. The molecule has 30 heavy (non-hydrogen) atoms. The van der Waals surface area contributed by atoms with Crippen molar-refractivity contribution in [1.29, 1.82) is 0 Å². The number of amides is 2. The molecule has 0 aliphatic rings. The normalized spacial score (nSPS) is 10.2. The number of carbonyl (C=O) groups is 2. The molecule has 0 aromatic heterocycles. The maximum Gasteiger partial charge on any atom is 0.258 e. The molecule has 2 amide bonds. The second kappa shape index (κ2) is 10.1. The van der Waals surface area contributed by atoms with E-state index in [1.54, 1.807) is 54.4 Å². The monoisotopic (exact) mass is 481 g/mol. The fourth-order valence-electron chi connectivity index (χ4n) is 2.86. The molecule has 0 saturated carbocycles. The lowest BCUT2D eigenvalue weighted by Crippen LogP contribution is -2.34. The molecule has 0 atom stereocenters. The van der Waals surface area contributed by atoms with Crippen LogP contribution in [0.5, 0.6) is 0 Å². The molecular weight excluding hydrogens is 462 g/mol. The third kappa shape index (κ3) is 5.75. The SMILES string of the molecule is CN(Cc1ccccc1)C(=O)c1cccc(NC(=S)NC(=O)c2ccccc2Br)c1. The zero-order valence-corrected chi connectivity index (χ0v) is 18.7. The Labute approximate surface area is 189 Å². The number of benzene rings is 3. The molecule has 5 nitrogen and oxygen atoms in total. The van der Waals surface area contributed by atoms with Gasteiger partial charge in [-0.25, -0.2) is 0 Å². The van der Waals surface area contributed by atoms with E-state index in [9.17, 15) is 9.59 Å². The van der Waals surface area contributed by atoms with Crippen molar-refractivity contribution in [2.75, 3.05) is 12.4 Å². The maximum atomic E-state index is 12.8. The highest BCUT2D eigenvalue weighted by Gasteiger charge is 2.14. The van der Waals surface area contributed by atoms with Crippen molar-refractivity contribution in [3.63, 3.8) is 0 Å². The van der Waals surface area contributed by atoms with E-state index in [0.29, 0.717) is 27.8 Å². The Balaban J connectivity index is 1.63. The van der Waals surface area contributed by atoms with Gasteiger partial charge in [0.25, 0.3) is 11.8 Å². The number of carbonyl (C=O) groups excluding carboxylic acids is 2. The van der Waals surface area contributed by atoms with E-state index >= 15 is 0 Å². The van der Waals surface area contributed by atoms with Gasteiger partial charge in [0.1, 0.15) is 0 Å². The minimum absolute atomic E-state index is 0.106. The van der Waals surface area contributed by atoms with E-state index in [4.69, 9.17) is 12.2 Å². The fourth-order valence-corrected chi connectivity index (χ4v) is 3.53. The van der Waals surface area contributed by atoms with Gasteiger partial charge in [0.05, 0.1) is 5.56 Å². The van der Waals surface area contributed by atoms with Gasteiger partial charge in [-0.1, -0.05) is 48.5 Å². The quantitative estimate of drug-likeness (QED) is 0.511. The molecular formula is C23H20BrN3O2S. The van der Waals surface area contributed by atoms with E-state index in [1.165, 1.54) is 0 Å². The van der Waals surface area contributed by atoms with Gasteiger partial charge in [0.2, 0.25) is 0 Å². The molecule has 0 aliphatic heterocycles. The first-order valence-electron chi connectivity index (χ1n) is 9.20. The van der Waals surface area contributed by atoms with Gasteiger partial charge in [0, 0.05) is 29.3 Å². The average Bonchev–Trinajstić information content (AvgIpc) is 2.74. The first-order chi connectivity index (χ1) is 14.4. The zero-order chi connectivity index (χ0) is 21.5. The van der Waals surface area contributed by atoms with E-state index < -0.39 is 0 Å². The first-order valence-corrected chi connectivity index (χ1v) is 10.4. The summed E-state index contributed by atoms with van der Waals surface area (Å²) < 4.78 is 0.680. The van der Waals surface area contributed by atoms with E-state index in [-0.39, 0.29) is 16.9 Å². The Bertz CT molecular complexity index is 1070. The Hall–Kier alpha value is -3.03. The van der Waals surface area contributed by atoms with Crippen LogP contribution in [0.25, 0.3) is 0 Å². The van der Waals surface area contributed by atoms with Gasteiger partial charge in [-0.05, 0) is 64.0 Å². The van der Waals surface area contributed by atoms with Crippen LogP contribution in [0.3, 0.4) is 0 Å². The number of halogens is 1. The van der Waals surface area contributed by atoms with E-state index in [0.717, 1.165) is 5.56 Å². The van der Waals surface area contributed by atoms with Crippen LogP contribution < -0.4 is 10.6 Å². The number of thiocarbonyl (C=S) groups is 1. The molecule has 3 rings (SSSR count). The molecule has 0 aliphatic carbocycles. The number of anilines is 1. The highest BCUT2D eigenvalue weighted by atomic mass is 79.9. The van der Waals surface area contributed by atoms with Gasteiger partial charge in [0.15, 0.2) is 5.11 Å². The highest BCUT2D eigenvalue weighted by molar-refractivity contribution is 9.10. The Morgan fingerprint density at radius 2 is 1.67 bits per heavy atom. The van der Waals surface area contributed by atoms with Gasteiger partial charge in [-0.3, -0.25) is 14.9 Å². The minimum atomic E-state index is -0.324. The molecule has 0 unspecified atom stereocenters. The van der Waals surface area contributed by atoms with Crippen molar-refractivity contribution >= 4 is 50.8 Å². The van der Waals surface area contributed by atoms with Crippen LogP contribution in [-0.2, 0) is 6.54 Å². The standard InChI is InChI=1S/C23H20BrN3O2S/c1-27(15-16-8-3-2-4-9-16)22(29)17-10-7-11-18(14-17)25-23(30)26-21(28)19-12-5-6-13-20(19)24/h2-14H,15H2,1H3,(H2,25,26,28,30). The molecule has 0 bridgehead atoms. The van der Waals surface area contributed by atoms with Gasteiger partial charge < -0.3 is 10.2 Å². The summed E-state index contributed by atoms with van der Waals surface area (Å²) in [4.78, 5) is 26.8. The van der Waals surface area contributed by atoms with Crippen molar-refractivity contribution in [3.8, 4) is 0 Å². The van der Waals surface area contributed by atoms with Crippen molar-refractivity contribution < 1.29 is 9.59 Å². The third-order valence-electron chi connectivity index (χ3n) is 4.32. The molecule has 0 spiro atoms. The summed E-state index contributed by atoms with van der Waals surface area (Å²) in [6.07, 6.45) is 0. The molecule has 152 valence electrons.